The summed E-state index contributed by atoms with van der Waals surface area (Å²) in [5.41, 5.74) is 0. The van der Waals surface area contributed by atoms with Gasteiger partial charge in [0.25, 0.3) is 5.97 Å². The van der Waals surface area contributed by atoms with E-state index in [-0.39, 0.29) is 6.61 Å². The molecule has 4 atom stereocenters. The zero-order chi connectivity index (χ0) is 11.3. The summed E-state index contributed by atoms with van der Waals surface area (Å²) in [6.07, 6.45) is -5.23. The number of carbonyl (C=O) groups is 1. The smallest absolute Gasteiger partial charge is 0.300 e. The second-order valence-electron chi connectivity index (χ2n) is 2.79. The van der Waals surface area contributed by atoms with Crippen LogP contribution in [0.5, 0.6) is 0 Å². The fourth-order valence-corrected chi connectivity index (χ4v) is 0.791. The van der Waals surface area contributed by atoms with Crippen molar-refractivity contribution >= 4 is 5.97 Å². The first kappa shape index (κ1) is 13.3. The topological polar surface area (TPSA) is 127 Å². The minimum atomic E-state index is -1.41. The maximum atomic E-state index is 9.00. The molecule has 1 aliphatic rings. The van der Waals surface area contributed by atoms with Crippen molar-refractivity contribution in [1.82, 2.24) is 0 Å². The van der Waals surface area contributed by atoms with Gasteiger partial charge in [-0.1, -0.05) is 0 Å². The Bertz CT molecular complexity index is 165. The Morgan fingerprint density at radius 1 is 1.21 bits per heavy atom. The second-order valence-corrected chi connectivity index (χ2v) is 2.79. The summed E-state index contributed by atoms with van der Waals surface area (Å²) in [5, 5.41) is 42.7. The molecule has 5 N–H and O–H groups in total. The largest absolute Gasteiger partial charge is 0.481 e. The molecule has 1 rings (SSSR count). The number of hydrogen-bond donors (Lipinski definition) is 5. The highest BCUT2D eigenvalue weighted by molar-refractivity contribution is 5.62. The van der Waals surface area contributed by atoms with E-state index in [1.54, 1.807) is 0 Å². The van der Waals surface area contributed by atoms with Gasteiger partial charge in [-0.25, -0.2) is 0 Å². The number of aliphatic carboxylic acids is 1. The number of hydrogen-bond acceptors (Lipinski definition) is 6. The Morgan fingerprint density at radius 2 is 1.64 bits per heavy atom. The standard InChI is InChI=1S/C5H10O5.C2H4O2/c6-2-1-10-5(9)4(8)3(2)7;1-2(3)4/h2-9H,1H2;1H3,(H,3,4)/t2-,3+,4-,5?;/m1./s1. The van der Waals surface area contributed by atoms with Crippen LogP contribution in [0.15, 0.2) is 0 Å². The molecule has 1 aliphatic heterocycles. The van der Waals surface area contributed by atoms with E-state index in [9.17, 15) is 0 Å². The summed E-state index contributed by atoms with van der Waals surface area (Å²) < 4.78 is 4.47. The molecule has 0 spiro atoms. The van der Waals surface area contributed by atoms with Gasteiger partial charge in [-0.15, -0.1) is 0 Å². The van der Waals surface area contributed by atoms with Gasteiger partial charge in [0.05, 0.1) is 6.61 Å². The predicted octanol–water partition coefficient (Wildman–Crippen LogP) is -2.49. The van der Waals surface area contributed by atoms with Crippen LogP contribution in [0.1, 0.15) is 6.92 Å². The van der Waals surface area contributed by atoms with Gasteiger partial charge in [0.15, 0.2) is 6.29 Å². The third-order valence-corrected chi connectivity index (χ3v) is 1.47. The van der Waals surface area contributed by atoms with E-state index in [2.05, 4.69) is 4.74 Å². The highest BCUT2D eigenvalue weighted by atomic mass is 16.6. The zero-order valence-electron chi connectivity index (χ0n) is 7.57. The molecule has 0 amide bonds. The summed E-state index contributed by atoms with van der Waals surface area (Å²) in [7, 11) is 0. The Hall–Kier alpha value is -0.730. The van der Waals surface area contributed by atoms with Gasteiger partial charge in [-0.05, 0) is 0 Å². The Morgan fingerprint density at radius 3 is 2.00 bits per heavy atom. The van der Waals surface area contributed by atoms with Crippen molar-refractivity contribution in [2.75, 3.05) is 6.61 Å². The molecule has 84 valence electrons. The average molecular weight is 210 g/mol. The lowest BCUT2D eigenvalue weighted by molar-refractivity contribution is -0.252. The molecule has 0 radical (unpaired) electrons. The van der Waals surface area contributed by atoms with E-state index >= 15 is 0 Å². The van der Waals surface area contributed by atoms with Crippen molar-refractivity contribution in [3.8, 4) is 0 Å². The fourth-order valence-electron chi connectivity index (χ4n) is 0.791. The van der Waals surface area contributed by atoms with Crippen molar-refractivity contribution < 1.29 is 35.1 Å². The molecular formula is C7H14O7. The number of aliphatic hydroxyl groups is 4. The van der Waals surface area contributed by atoms with Gasteiger partial charge < -0.3 is 30.3 Å². The quantitative estimate of drug-likeness (QED) is 0.299. The average Bonchev–Trinajstić information content (AvgIpc) is 2.07. The van der Waals surface area contributed by atoms with Gasteiger partial charge in [0.2, 0.25) is 0 Å². The van der Waals surface area contributed by atoms with Gasteiger partial charge >= 0.3 is 0 Å². The van der Waals surface area contributed by atoms with Crippen molar-refractivity contribution in [3.63, 3.8) is 0 Å². The minimum Gasteiger partial charge on any atom is -0.481 e. The maximum absolute atomic E-state index is 9.00. The lowest BCUT2D eigenvalue weighted by Gasteiger charge is -2.31. The molecule has 1 unspecified atom stereocenters. The van der Waals surface area contributed by atoms with Gasteiger partial charge in [0, 0.05) is 6.92 Å². The number of carboxylic acids is 1. The fraction of sp³-hybridized carbons (Fsp3) is 0.857. The zero-order valence-corrected chi connectivity index (χ0v) is 7.57. The van der Waals surface area contributed by atoms with Crippen LogP contribution in [0.2, 0.25) is 0 Å². The summed E-state index contributed by atoms with van der Waals surface area (Å²) in [4.78, 5) is 9.00. The monoisotopic (exact) mass is 210 g/mol. The van der Waals surface area contributed by atoms with Crippen molar-refractivity contribution in [1.29, 1.82) is 0 Å². The normalized spacial score (nSPS) is 36.9. The van der Waals surface area contributed by atoms with Gasteiger partial charge in [-0.3, -0.25) is 4.79 Å². The van der Waals surface area contributed by atoms with E-state index < -0.39 is 30.6 Å². The van der Waals surface area contributed by atoms with E-state index in [1.807, 2.05) is 0 Å². The van der Waals surface area contributed by atoms with Crippen LogP contribution in [0.4, 0.5) is 0 Å². The number of ether oxygens (including phenoxy) is 1. The molecular weight excluding hydrogens is 196 g/mol. The molecule has 0 saturated carbocycles. The first-order chi connectivity index (χ1) is 6.36. The lowest BCUT2D eigenvalue weighted by atomic mass is 10.1. The van der Waals surface area contributed by atoms with Crippen LogP contribution in [0.3, 0.4) is 0 Å². The maximum Gasteiger partial charge on any atom is 0.300 e. The molecule has 14 heavy (non-hydrogen) atoms. The molecule has 0 aromatic carbocycles. The van der Waals surface area contributed by atoms with Crippen molar-refractivity contribution in [2.24, 2.45) is 0 Å². The summed E-state index contributed by atoms with van der Waals surface area (Å²) >= 11 is 0. The van der Waals surface area contributed by atoms with Crippen LogP contribution in [-0.2, 0) is 9.53 Å². The van der Waals surface area contributed by atoms with Crippen molar-refractivity contribution in [3.05, 3.63) is 0 Å². The Balaban J connectivity index is 0.000000364. The van der Waals surface area contributed by atoms with Crippen LogP contribution in [0.25, 0.3) is 0 Å². The van der Waals surface area contributed by atoms with E-state index in [1.165, 1.54) is 0 Å². The van der Waals surface area contributed by atoms with Gasteiger partial charge in [0.1, 0.15) is 18.3 Å². The van der Waals surface area contributed by atoms with Gasteiger partial charge in [-0.2, -0.15) is 0 Å². The minimum absolute atomic E-state index is 0.153. The van der Waals surface area contributed by atoms with Crippen LogP contribution < -0.4 is 0 Å². The number of rotatable bonds is 0. The highest BCUT2D eigenvalue weighted by Crippen LogP contribution is 2.12. The highest BCUT2D eigenvalue weighted by Gasteiger charge is 2.36. The summed E-state index contributed by atoms with van der Waals surface area (Å²) in [6.45, 7) is 0.930. The lowest BCUT2D eigenvalue weighted by Crippen LogP contribution is -2.52. The summed E-state index contributed by atoms with van der Waals surface area (Å²) in [5.74, 6) is -0.833. The number of carboxylic acid groups (broad SMARTS) is 1. The third-order valence-electron chi connectivity index (χ3n) is 1.47. The first-order valence-electron chi connectivity index (χ1n) is 3.89. The van der Waals surface area contributed by atoms with Crippen LogP contribution in [-0.4, -0.2) is 62.7 Å². The Labute approximate surface area is 80.2 Å². The SMILES string of the molecule is CC(=O)O.OC1OC[C@@H](O)[C@H](O)[C@H]1O. The predicted molar refractivity (Wildman–Crippen MR) is 43.3 cm³/mol. The Kier molecular flexibility index (Phi) is 5.58. The molecule has 0 aromatic heterocycles. The third kappa shape index (κ3) is 4.49. The van der Waals surface area contributed by atoms with Crippen LogP contribution in [0, 0.1) is 0 Å². The molecule has 0 bridgehead atoms. The van der Waals surface area contributed by atoms with Crippen molar-refractivity contribution in [2.45, 2.75) is 31.5 Å². The first-order valence-corrected chi connectivity index (χ1v) is 3.89. The van der Waals surface area contributed by atoms with E-state index in [0.717, 1.165) is 6.92 Å². The molecule has 7 nitrogen and oxygen atoms in total. The number of aliphatic hydroxyl groups excluding tert-OH is 4. The molecule has 0 aromatic rings. The van der Waals surface area contributed by atoms with E-state index in [0.29, 0.717) is 0 Å². The molecule has 1 heterocycles. The molecule has 7 heteroatoms. The second kappa shape index (κ2) is 5.89. The molecule has 1 fully saturated rings. The summed E-state index contributed by atoms with van der Waals surface area (Å²) in [6, 6.07) is 0. The van der Waals surface area contributed by atoms with Crippen LogP contribution >= 0.6 is 0 Å². The molecule has 0 aliphatic carbocycles. The molecule has 1 saturated heterocycles. The van der Waals surface area contributed by atoms with E-state index in [4.69, 9.17) is 30.3 Å².